The molecule has 0 amide bonds. The van der Waals surface area contributed by atoms with E-state index in [1.807, 2.05) is 0 Å². The summed E-state index contributed by atoms with van der Waals surface area (Å²) in [5.74, 6) is -0.0181. The minimum atomic E-state index is -3.22. The number of hydrogen-bond acceptors (Lipinski definition) is 3. The monoisotopic (exact) mass is 198 g/mol. The molecule has 0 heterocycles. The van der Waals surface area contributed by atoms with Gasteiger partial charge in [-0.25, -0.2) is 0 Å². The molecule has 2 nitrogen and oxygen atoms in total. The van der Waals surface area contributed by atoms with Gasteiger partial charge >= 0.3 is 51.4 Å². The van der Waals surface area contributed by atoms with Gasteiger partial charge in [-0.1, -0.05) is 0 Å². The molecular formula is C2H4ClKO2S2. The van der Waals surface area contributed by atoms with Crippen LogP contribution in [0.4, 0.5) is 0 Å². The maximum Gasteiger partial charge on any atom is 1.00 e. The van der Waals surface area contributed by atoms with E-state index in [4.69, 9.17) is 11.6 Å². The summed E-state index contributed by atoms with van der Waals surface area (Å²) in [6.07, 6.45) is 0. The average Bonchev–Trinajstić information content (AvgIpc) is 1.30. The van der Waals surface area contributed by atoms with E-state index in [0.717, 1.165) is 0 Å². The zero-order valence-corrected chi connectivity index (χ0v) is 9.94. The van der Waals surface area contributed by atoms with E-state index in [1.54, 1.807) is 0 Å². The van der Waals surface area contributed by atoms with Crippen molar-refractivity contribution in [1.29, 1.82) is 0 Å². The Morgan fingerprint density at radius 1 is 1.50 bits per heavy atom. The number of hydrogen-bond donors (Lipinski definition) is 0. The molecule has 0 aromatic heterocycles. The molecule has 44 valence electrons. The van der Waals surface area contributed by atoms with Gasteiger partial charge in [-0.05, 0) is 0 Å². The Bertz CT molecular complexity index is 131. The fourth-order valence-electron chi connectivity index (χ4n) is 0.0945. The van der Waals surface area contributed by atoms with Crippen LogP contribution in [0.3, 0.4) is 0 Å². The number of rotatable bonds is 2. The molecular weight excluding hydrogens is 195 g/mol. The standard InChI is InChI=1S/C2H5ClO2S2.K/c3-1-2-7(4,5)6;/h1-2H2,(H,4,5,6);/q;+1/p-1. The van der Waals surface area contributed by atoms with Crippen LogP contribution in [0.25, 0.3) is 0 Å². The molecule has 0 atom stereocenters. The van der Waals surface area contributed by atoms with Crippen molar-refractivity contribution in [3.05, 3.63) is 0 Å². The third-order valence-corrected chi connectivity index (χ3v) is 1.94. The number of halogens is 1. The Morgan fingerprint density at radius 2 is 1.88 bits per heavy atom. The minimum Gasteiger partial charge on any atom is -0.649 e. The summed E-state index contributed by atoms with van der Waals surface area (Å²) >= 11 is 9.01. The van der Waals surface area contributed by atoms with E-state index < -0.39 is 8.87 Å². The van der Waals surface area contributed by atoms with E-state index in [2.05, 4.69) is 11.7 Å². The third kappa shape index (κ3) is 11.1. The summed E-state index contributed by atoms with van der Waals surface area (Å²) < 4.78 is 19.9. The first kappa shape index (κ1) is 12.9. The minimum absolute atomic E-state index is 0. The Kier molecular flexibility index (Phi) is 9.60. The van der Waals surface area contributed by atoms with E-state index in [1.165, 1.54) is 0 Å². The zero-order chi connectivity index (χ0) is 5.91. The molecule has 0 aliphatic heterocycles. The van der Waals surface area contributed by atoms with Crippen LogP contribution in [0, 0.1) is 0 Å². The molecule has 0 aromatic rings. The maximum atomic E-state index is 9.96. The van der Waals surface area contributed by atoms with Gasteiger partial charge < -0.3 is 11.7 Å². The van der Waals surface area contributed by atoms with Gasteiger partial charge in [-0.2, -0.15) is 0 Å². The molecule has 0 saturated carbocycles. The molecule has 0 bridgehead atoms. The normalized spacial score (nSPS) is 10.2. The summed E-state index contributed by atoms with van der Waals surface area (Å²) in [6, 6.07) is 0. The van der Waals surface area contributed by atoms with Gasteiger partial charge in [0.15, 0.2) is 0 Å². The van der Waals surface area contributed by atoms with Crippen LogP contribution in [0.1, 0.15) is 0 Å². The van der Waals surface area contributed by atoms with Crippen LogP contribution < -0.4 is 51.4 Å². The van der Waals surface area contributed by atoms with E-state index in [-0.39, 0.29) is 63.0 Å². The Labute approximate surface area is 102 Å². The van der Waals surface area contributed by atoms with Gasteiger partial charge in [-0.3, -0.25) is 8.42 Å². The predicted molar refractivity (Wildman–Crippen MR) is 31.9 cm³/mol. The fourth-order valence-corrected chi connectivity index (χ4v) is 1.42. The van der Waals surface area contributed by atoms with Gasteiger partial charge in [-0.15, -0.1) is 11.6 Å². The van der Waals surface area contributed by atoms with Crippen molar-refractivity contribution < 1.29 is 59.8 Å². The van der Waals surface area contributed by atoms with Crippen LogP contribution in [0.2, 0.25) is 0 Å². The van der Waals surface area contributed by atoms with Crippen molar-refractivity contribution in [3.8, 4) is 0 Å². The van der Waals surface area contributed by atoms with E-state index in [9.17, 15) is 8.42 Å². The SMILES string of the molecule is O=S(=O)([S-])CCCl.[K+]. The van der Waals surface area contributed by atoms with Gasteiger partial charge in [0.1, 0.15) is 0 Å². The second-order valence-corrected chi connectivity index (χ2v) is 4.38. The summed E-state index contributed by atoms with van der Waals surface area (Å²) in [4.78, 5) is 0. The molecule has 0 rings (SSSR count). The van der Waals surface area contributed by atoms with E-state index in [0.29, 0.717) is 0 Å². The number of alkyl halides is 1. The molecule has 0 spiro atoms. The second-order valence-electron chi connectivity index (χ2n) is 0.951. The van der Waals surface area contributed by atoms with Crippen molar-refractivity contribution in [2.45, 2.75) is 0 Å². The first-order valence-electron chi connectivity index (χ1n) is 1.56. The molecule has 0 aliphatic carbocycles. The average molecular weight is 199 g/mol. The largest absolute Gasteiger partial charge is 1.00 e. The van der Waals surface area contributed by atoms with Crippen LogP contribution >= 0.6 is 11.6 Å². The molecule has 6 heteroatoms. The van der Waals surface area contributed by atoms with Crippen LogP contribution in [0.5, 0.6) is 0 Å². The van der Waals surface area contributed by atoms with Gasteiger partial charge in [0.25, 0.3) is 0 Å². The Morgan fingerprint density at radius 3 is 1.88 bits per heavy atom. The Balaban J connectivity index is 0. The molecule has 0 N–H and O–H groups in total. The summed E-state index contributed by atoms with van der Waals surface area (Å²) in [6.45, 7) is 0. The first-order valence-corrected chi connectivity index (χ1v) is 4.67. The van der Waals surface area contributed by atoms with Crippen molar-refractivity contribution in [1.82, 2.24) is 0 Å². The van der Waals surface area contributed by atoms with Crippen molar-refractivity contribution >= 4 is 32.1 Å². The van der Waals surface area contributed by atoms with Crippen molar-refractivity contribution in [2.75, 3.05) is 11.6 Å². The molecule has 0 fully saturated rings. The predicted octanol–water partition coefficient (Wildman–Crippen LogP) is -2.89. The summed E-state index contributed by atoms with van der Waals surface area (Å²) in [7, 11) is -3.22. The maximum absolute atomic E-state index is 9.96. The molecule has 0 radical (unpaired) electrons. The van der Waals surface area contributed by atoms with Gasteiger partial charge in [0.2, 0.25) is 0 Å². The quantitative estimate of drug-likeness (QED) is 0.207. The summed E-state index contributed by atoms with van der Waals surface area (Å²) in [5, 5.41) is 0. The topological polar surface area (TPSA) is 34.1 Å². The Hall–Kier alpha value is 2.23. The molecule has 0 aliphatic rings. The van der Waals surface area contributed by atoms with Gasteiger partial charge in [0.05, 0.1) is 0 Å². The fraction of sp³-hybridized carbons (Fsp3) is 1.00. The molecule has 0 aromatic carbocycles. The molecule has 8 heavy (non-hydrogen) atoms. The second kappa shape index (κ2) is 5.97. The first-order chi connectivity index (χ1) is 3.06. The van der Waals surface area contributed by atoms with Gasteiger partial charge in [0, 0.05) is 20.5 Å². The van der Waals surface area contributed by atoms with Crippen LogP contribution in [-0.2, 0) is 20.5 Å². The smallest absolute Gasteiger partial charge is 0.649 e. The van der Waals surface area contributed by atoms with Crippen molar-refractivity contribution in [3.63, 3.8) is 0 Å². The molecule has 0 saturated heterocycles. The molecule has 0 unspecified atom stereocenters. The van der Waals surface area contributed by atoms with Crippen LogP contribution in [-0.4, -0.2) is 20.1 Å². The third-order valence-electron chi connectivity index (χ3n) is 0.327. The summed E-state index contributed by atoms with van der Waals surface area (Å²) in [5.41, 5.74) is 0. The van der Waals surface area contributed by atoms with Crippen molar-refractivity contribution in [2.24, 2.45) is 0 Å². The van der Waals surface area contributed by atoms with E-state index >= 15 is 0 Å². The van der Waals surface area contributed by atoms with Crippen LogP contribution in [0.15, 0.2) is 0 Å². The zero-order valence-electron chi connectivity index (χ0n) is 4.43.